The molecule has 0 aliphatic heterocycles. The maximum Gasteiger partial charge on any atom is 0.475 e. The Kier molecular flexibility index (Phi) is 22.7. The van der Waals surface area contributed by atoms with E-state index < -0.39 is 59.1 Å². The average molecular weight is 1120 g/mol. The topological polar surface area (TPSA) is 145 Å². The molecule has 0 saturated heterocycles. The number of phosphoric ester groups is 2. The van der Waals surface area contributed by atoms with Crippen LogP contribution in [-0.4, -0.2) is 50.2 Å². The predicted octanol–water partition coefficient (Wildman–Crippen LogP) is 14.1. The van der Waals surface area contributed by atoms with Gasteiger partial charge in [-0.15, -0.1) is 0 Å². The minimum atomic E-state index is -4.76. The Labute approximate surface area is 468 Å². The van der Waals surface area contributed by atoms with Gasteiger partial charge in [-0.05, 0) is 44.5 Å². The first-order valence-corrected chi connectivity index (χ1v) is 29.4. The molecule has 0 aromatic heterocycles. The van der Waals surface area contributed by atoms with Crippen molar-refractivity contribution in [3.05, 3.63) is 287 Å². The summed E-state index contributed by atoms with van der Waals surface area (Å²) < 4.78 is 111. The fraction of sp³-hybridized carbons (Fsp3) is 0.250. The van der Waals surface area contributed by atoms with Crippen molar-refractivity contribution >= 4 is 15.6 Å². The molecule has 8 aromatic rings. The Balaban J connectivity index is 1.18. The van der Waals surface area contributed by atoms with Crippen LogP contribution < -0.4 is 0 Å². The van der Waals surface area contributed by atoms with E-state index in [0.717, 1.165) is 22.3 Å². The molecule has 0 N–H and O–H groups in total. The van der Waals surface area contributed by atoms with Gasteiger partial charge in [0.05, 0.1) is 52.9 Å². The summed E-state index contributed by atoms with van der Waals surface area (Å²) in [5.74, 6) is 0. The first-order chi connectivity index (χ1) is 39.4. The Hall–Kier alpha value is -6.26. The zero-order valence-electron chi connectivity index (χ0n) is 44.2. The van der Waals surface area contributed by atoms with E-state index >= 15 is 9.13 Å². The van der Waals surface area contributed by atoms with Crippen molar-refractivity contribution in [3.63, 3.8) is 0 Å². The van der Waals surface area contributed by atoms with E-state index in [0.29, 0.717) is 22.3 Å². The molecule has 0 amide bonds. The minimum absolute atomic E-state index is 0.00938. The van der Waals surface area contributed by atoms with Crippen LogP contribution in [0.5, 0.6) is 0 Å². The lowest BCUT2D eigenvalue weighted by atomic mass is 9.84. The average Bonchev–Trinajstić information content (AvgIpc) is 3.61. The summed E-state index contributed by atoms with van der Waals surface area (Å²) >= 11 is 0. The van der Waals surface area contributed by atoms with Gasteiger partial charge in [0, 0.05) is 0 Å². The number of hydrogen-bond acceptors (Lipinski definition) is 14. The maximum atomic E-state index is 15.9. The summed E-state index contributed by atoms with van der Waals surface area (Å²) in [7, 11) is -9.51. The van der Waals surface area contributed by atoms with Gasteiger partial charge in [0.1, 0.15) is 50.2 Å². The highest BCUT2D eigenvalue weighted by molar-refractivity contribution is 7.48. The van der Waals surface area contributed by atoms with Gasteiger partial charge in [-0.3, -0.25) is 27.1 Å². The molecule has 0 unspecified atom stereocenters. The van der Waals surface area contributed by atoms with Gasteiger partial charge in [-0.25, -0.2) is 9.13 Å². The fourth-order valence-electron chi connectivity index (χ4n) is 8.78. The summed E-state index contributed by atoms with van der Waals surface area (Å²) in [4.78, 5) is 0. The van der Waals surface area contributed by atoms with E-state index in [1.54, 1.807) is 0 Å². The first-order valence-electron chi connectivity index (χ1n) is 26.5. The van der Waals surface area contributed by atoms with E-state index in [9.17, 15) is 0 Å². The normalized spacial score (nSPS) is 18.4. The zero-order valence-corrected chi connectivity index (χ0v) is 46.0. The van der Waals surface area contributed by atoms with Crippen LogP contribution in [0.1, 0.15) is 44.5 Å². The SMILES string of the molecule is O=P(OCc1ccccc1)(OCc1ccccc1)O[C@@H]1[C@H](OCOCc2ccccc2)[C@H](OP(=O)(OCc2ccccc2)OCc2ccccc2)[C@@H](OCc2ccccc2)[C@H](OCc2ccccc2)[C@H]1OCOCc1ccccc1. The molecule has 0 spiro atoms. The Morgan fingerprint density at radius 2 is 0.438 bits per heavy atom. The lowest BCUT2D eigenvalue weighted by molar-refractivity contribution is -0.286. The fourth-order valence-corrected chi connectivity index (χ4v) is 11.5. The van der Waals surface area contributed by atoms with Crippen LogP contribution in [0.3, 0.4) is 0 Å². The molecular weight excluding hydrogens is 1050 g/mol. The smallest absolute Gasteiger partial charge is 0.368 e. The van der Waals surface area contributed by atoms with E-state index in [-0.39, 0.29) is 59.6 Å². The predicted molar refractivity (Wildman–Crippen MR) is 302 cm³/mol. The van der Waals surface area contributed by atoms with Gasteiger partial charge < -0.3 is 28.4 Å². The third kappa shape index (κ3) is 18.4. The lowest BCUT2D eigenvalue weighted by Crippen LogP contribution is -2.67. The summed E-state index contributed by atoms with van der Waals surface area (Å²) in [6.45, 7) is -1.05. The lowest BCUT2D eigenvalue weighted by Gasteiger charge is -2.49. The van der Waals surface area contributed by atoms with Gasteiger partial charge >= 0.3 is 15.6 Å². The highest BCUT2D eigenvalue weighted by atomic mass is 31.2. The monoisotopic (exact) mass is 1120 g/mol. The second-order valence-corrected chi connectivity index (χ2v) is 22.0. The molecule has 416 valence electrons. The van der Waals surface area contributed by atoms with Gasteiger partial charge in [-0.2, -0.15) is 0 Å². The molecule has 1 aliphatic rings. The summed E-state index contributed by atoms with van der Waals surface area (Å²) in [6.07, 6.45) is -8.27. The Morgan fingerprint density at radius 1 is 0.237 bits per heavy atom. The second kappa shape index (κ2) is 31.1. The van der Waals surface area contributed by atoms with Crippen LogP contribution in [0.15, 0.2) is 243 Å². The van der Waals surface area contributed by atoms with E-state index in [1.807, 2.05) is 243 Å². The molecule has 16 heteroatoms. The van der Waals surface area contributed by atoms with Gasteiger partial charge in [-0.1, -0.05) is 243 Å². The number of hydrogen-bond donors (Lipinski definition) is 0. The van der Waals surface area contributed by atoms with Crippen molar-refractivity contribution in [2.24, 2.45) is 0 Å². The maximum absolute atomic E-state index is 15.9. The Morgan fingerprint density at radius 3 is 0.700 bits per heavy atom. The molecule has 14 nitrogen and oxygen atoms in total. The van der Waals surface area contributed by atoms with Crippen LogP contribution in [0.2, 0.25) is 0 Å². The number of rotatable bonds is 32. The molecule has 0 radical (unpaired) electrons. The van der Waals surface area contributed by atoms with Crippen molar-refractivity contribution in [1.82, 2.24) is 0 Å². The zero-order chi connectivity index (χ0) is 54.9. The molecule has 1 saturated carbocycles. The summed E-state index contributed by atoms with van der Waals surface area (Å²) in [5.41, 5.74) is 6.16. The molecule has 9 rings (SSSR count). The van der Waals surface area contributed by atoms with Crippen molar-refractivity contribution < 1.29 is 64.7 Å². The molecule has 1 fully saturated rings. The van der Waals surface area contributed by atoms with Crippen LogP contribution in [0.25, 0.3) is 0 Å². The van der Waals surface area contributed by atoms with E-state index in [4.69, 9.17) is 55.6 Å². The van der Waals surface area contributed by atoms with Crippen LogP contribution in [0, 0.1) is 0 Å². The number of ether oxygens (including phenoxy) is 6. The molecule has 8 aromatic carbocycles. The quantitative estimate of drug-likeness (QED) is 0.0224. The van der Waals surface area contributed by atoms with Crippen LogP contribution >= 0.6 is 15.6 Å². The van der Waals surface area contributed by atoms with Gasteiger partial charge in [0.2, 0.25) is 0 Å². The third-order valence-corrected chi connectivity index (χ3v) is 15.6. The van der Waals surface area contributed by atoms with Crippen molar-refractivity contribution in [3.8, 4) is 0 Å². The molecule has 1 aliphatic carbocycles. The number of benzene rings is 8. The summed E-state index contributed by atoms with van der Waals surface area (Å²) in [6, 6.07) is 75.3. The molecular formula is C64H66O14P2. The van der Waals surface area contributed by atoms with E-state index in [1.165, 1.54) is 0 Å². The standard InChI is InChI=1S/C64H66O14P2/c65-79(73-45-55-33-17-5-18-34-55,74-46-56-35-19-6-20-36-56)77-63-60(70-44-54-31-15-4-16-32-54)59(69-43-53-29-13-3-14-30-53)61(71-49-67-41-51-25-9-1-10-26-51)64(62(63)72-50-68-42-52-27-11-2-12-28-52)78-80(66,75-47-57-37-21-7-22-38-57)76-48-58-39-23-8-24-40-58/h1-40,59-64H,41-50H2/t59-,60-,61+,62+,63+,64-/m0/s1. The van der Waals surface area contributed by atoms with Crippen molar-refractivity contribution in [2.45, 2.75) is 89.5 Å². The summed E-state index contributed by atoms with van der Waals surface area (Å²) in [5, 5.41) is 0. The second-order valence-electron chi connectivity index (χ2n) is 18.8. The van der Waals surface area contributed by atoms with Crippen LogP contribution in [0.4, 0.5) is 0 Å². The first kappa shape index (κ1) is 58.4. The molecule has 0 bridgehead atoms. The third-order valence-electron chi connectivity index (χ3n) is 12.9. The minimum Gasteiger partial charge on any atom is -0.368 e. The van der Waals surface area contributed by atoms with Gasteiger partial charge in [0.15, 0.2) is 0 Å². The molecule has 6 atom stereocenters. The van der Waals surface area contributed by atoms with Crippen LogP contribution in [-0.2, 0) is 118 Å². The van der Waals surface area contributed by atoms with E-state index in [2.05, 4.69) is 0 Å². The van der Waals surface area contributed by atoms with Crippen molar-refractivity contribution in [2.75, 3.05) is 13.6 Å². The van der Waals surface area contributed by atoms with Crippen molar-refractivity contribution in [1.29, 1.82) is 0 Å². The molecule has 80 heavy (non-hydrogen) atoms. The van der Waals surface area contributed by atoms with Gasteiger partial charge in [0.25, 0.3) is 0 Å². The molecule has 0 heterocycles. The highest BCUT2D eigenvalue weighted by Crippen LogP contribution is 2.58. The Bertz CT molecular complexity index is 2970. The highest BCUT2D eigenvalue weighted by Gasteiger charge is 2.59. The number of phosphoric acid groups is 2. The largest absolute Gasteiger partial charge is 0.475 e.